The van der Waals surface area contributed by atoms with Gasteiger partial charge >= 0.3 is 0 Å². The summed E-state index contributed by atoms with van der Waals surface area (Å²) >= 11 is 5.89. The van der Waals surface area contributed by atoms with Crippen molar-refractivity contribution < 1.29 is 4.79 Å². The molecule has 0 spiro atoms. The summed E-state index contributed by atoms with van der Waals surface area (Å²) in [5, 5.41) is 6.71. The lowest BCUT2D eigenvalue weighted by Crippen LogP contribution is -2.16. The molecule has 7 heteroatoms. The maximum Gasteiger partial charge on any atom is 0.274 e. The number of amides is 1. The van der Waals surface area contributed by atoms with Crippen LogP contribution in [0.3, 0.4) is 0 Å². The molecule has 3 rings (SSSR count). The number of rotatable bonds is 7. The van der Waals surface area contributed by atoms with E-state index in [-0.39, 0.29) is 5.91 Å². The predicted molar refractivity (Wildman–Crippen MR) is 114 cm³/mol. The lowest BCUT2D eigenvalue weighted by molar-refractivity contribution is 0.102. The number of hydrogen-bond acceptors (Lipinski definition) is 5. The first kappa shape index (κ1) is 19.6. The smallest absolute Gasteiger partial charge is 0.274 e. The van der Waals surface area contributed by atoms with Crippen LogP contribution in [0.25, 0.3) is 0 Å². The molecule has 1 heterocycles. The van der Waals surface area contributed by atoms with Gasteiger partial charge in [0, 0.05) is 43.2 Å². The minimum atomic E-state index is -0.277. The van der Waals surface area contributed by atoms with Crippen LogP contribution >= 0.6 is 11.6 Å². The first-order valence-electron chi connectivity index (χ1n) is 8.91. The van der Waals surface area contributed by atoms with Gasteiger partial charge in [-0.3, -0.25) is 4.79 Å². The molecule has 0 atom stereocenters. The Hall–Kier alpha value is -3.12. The number of halogens is 1. The van der Waals surface area contributed by atoms with Gasteiger partial charge in [-0.15, -0.1) is 0 Å². The van der Waals surface area contributed by atoms with Gasteiger partial charge in [-0.25, -0.2) is 9.97 Å². The van der Waals surface area contributed by atoms with E-state index in [1.807, 2.05) is 67.5 Å². The molecule has 0 aliphatic rings. The van der Waals surface area contributed by atoms with E-state index in [1.165, 1.54) is 0 Å². The van der Waals surface area contributed by atoms with Crippen molar-refractivity contribution in [3.8, 4) is 0 Å². The Kier molecular flexibility index (Phi) is 6.45. The first-order chi connectivity index (χ1) is 13.5. The number of benzene rings is 2. The van der Waals surface area contributed by atoms with Gasteiger partial charge in [-0.1, -0.05) is 23.7 Å². The molecular formula is C21H22ClN5O. The fraction of sp³-hybridized carbons (Fsp3) is 0.190. The van der Waals surface area contributed by atoms with Crippen molar-refractivity contribution in [2.45, 2.75) is 6.42 Å². The maximum absolute atomic E-state index is 12.5. The zero-order valence-corrected chi connectivity index (χ0v) is 16.6. The lowest BCUT2D eigenvalue weighted by Gasteiger charge is -2.13. The molecule has 0 unspecified atom stereocenters. The number of aromatic nitrogens is 2. The van der Waals surface area contributed by atoms with E-state index in [9.17, 15) is 4.79 Å². The number of hydrogen-bond donors (Lipinski definition) is 2. The molecule has 2 N–H and O–H groups in total. The fourth-order valence-corrected chi connectivity index (χ4v) is 2.70. The van der Waals surface area contributed by atoms with Crippen molar-refractivity contribution in [2.24, 2.45) is 0 Å². The molecule has 0 aliphatic heterocycles. The van der Waals surface area contributed by atoms with Crippen LogP contribution < -0.4 is 15.5 Å². The normalized spacial score (nSPS) is 10.4. The van der Waals surface area contributed by atoms with E-state index in [4.69, 9.17) is 11.6 Å². The van der Waals surface area contributed by atoms with E-state index >= 15 is 0 Å². The summed E-state index contributed by atoms with van der Waals surface area (Å²) in [6, 6.07) is 16.9. The third kappa shape index (κ3) is 5.44. The monoisotopic (exact) mass is 395 g/mol. The number of nitrogens with zero attached hydrogens (tertiary/aromatic N) is 3. The van der Waals surface area contributed by atoms with Crippen LogP contribution in [0, 0.1) is 0 Å². The van der Waals surface area contributed by atoms with Crippen molar-refractivity contribution in [2.75, 3.05) is 36.2 Å². The van der Waals surface area contributed by atoms with E-state index < -0.39 is 0 Å². The second kappa shape index (κ2) is 9.19. The Labute approximate surface area is 169 Å². The molecular weight excluding hydrogens is 374 g/mol. The zero-order chi connectivity index (χ0) is 19.9. The van der Waals surface area contributed by atoms with Crippen LogP contribution in [-0.4, -0.2) is 36.5 Å². The lowest BCUT2D eigenvalue weighted by atomic mass is 10.1. The van der Waals surface area contributed by atoms with Gasteiger partial charge in [0.25, 0.3) is 5.91 Å². The molecule has 1 amide bonds. The van der Waals surface area contributed by atoms with Gasteiger partial charge in [0.05, 0.1) is 0 Å². The molecule has 0 aliphatic carbocycles. The minimum Gasteiger partial charge on any atom is -0.378 e. The Morgan fingerprint density at radius 3 is 2.43 bits per heavy atom. The van der Waals surface area contributed by atoms with Gasteiger partial charge in [0.1, 0.15) is 5.69 Å². The van der Waals surface area contributed by atoms with E-state index in [0.29, 0.717) is 23.9 Å². The maximum atomic E-state index is 12.5. The van der Waals surface area contributed by atoms with Gasteiger partial charge in [-0.05, 0) is 54.4 Å². The molecule has 2 aromatic carbocycles. The molecule has 0 fully saturated rings. The quantitative estimate of drug-likeness (QED) is 0.630. The highest BCUT2D eigenvalue weighted by molar-refractivity contribution is 6.30. The summed E-state index contributed by atoms with van der Waals surface area (Å²) in [7, 11) is 3.94. The van der Waals surface area contributed by atoms with E-state index in [0.717, 1.165) is 22.7 Å². The highest BCUT2D eigenvalue weighted by atomic mass is 35.5. The zero-order valence-electron chi connectivity index (χ0n) is 15.8. The summed E-state index contributed by atoms with van der Waals surface area (Å²) in [5.41, 5.74) is 3.24. The number of anilines is 3. The Morgan fingerprint density at radius 1 is 1.04 bits per heavy atom. The van der Waals surface area contributed by atoms with E-state index in [2.05, 4.69) is 20.6 Å². The molecule has 144 valence electrons. The van der Waals surface area contributed by atoms with Gasteiger partial charge in [0.2, 0.25) is 5.95 Å². The molecule has 0 radical (unpaired) electrons. The van der Waals surface area contributed by atoms with Crippen molar-refractivity contribution >= 4 is 34.8 Å². The van der Waals surface area contributed by atoms with Gasteiger partial charge < -0.3 is 15.5 Å². The molecule has 6 nitrogen and oxygen atoms in total. The second-order valence-corrected chi connectivity index (χ2v) is 6.90. The largest absolute Gasteiger partial charge is 0.378 e. The Balaban J connectivity index is 1.57. The molecule has 0 saturated carbocycles. The van der Waals surface area contributed by atoms with Crippen molar-refractivity contribution in [1.82, 2.24) is 9.97 Å². The molecule has 1 aromatic heterocycles. The first-order valence-corrected chi connectivity index (χ1v) is 9.29. The summed E-state index contributed by atoms with van der Waals surface area (Å²) < 4.78 is 0. The Morgan fingerprint density at radius 2 is 1.75 bits per heavy atom. The van der Waals surface area contributed by atoms with Crippen LogP contribution in [0.5, 0.6) is 0 Å². The third-order valence-corrected chi connectivity index (χ3v) is 4.39. The average Bonchev–Trinajstić information content (AvgIpc) is 2.70. The SMILES string of the molecule is CN(C)c1ccc(NC(=O)c2ccnc(NCCc3ccc(Cl)cc3)n2)cc1. The van der Waals surface area contributed by atoms with Gasteiger partial charge in [0.15, 0.2) is 0 Å². The van der Waals surface area contributed by atoms with Gasteiger partial charge in [-0.2, -0.15) is 0 Å². The van der Waals surface area contributed by atoms with Crippen LogP contribution in [-0.2, 0) is 6.42 Å². The fourth-order valence-electron chi connectivity index (χ4n) is 2.58. The Bertz CT molecular complexity index is 926. The molecule has 3 aromatic rings. The predicted octanol–water partition coefficient (Wildman–Crippen LogP) is 4.10. The average molecular weight is 396 g/mol. The summed E-state index contributed by atoms with van der Waals surface area (Å²) in [6.45, 7) is 0.651. The summed E-state index contributed by atoms with van der Waals surface area (Å²) in [6.07, 6.45) is 2.37. The van der Waals surface area contributed by atoms with E-state index in [1.54, 1.807) is 12.3 Å². The second-order valence-electron chi connectivity index (χ2n) is 6.46. The van der Waals surface area contributed by atoms with Crippen LogP contribution in [0.1, 0.15) is 16.1 Å². The van der Waals surface area contributed by atoms with Crippen molar-refractivity contribution in [3.63, 3.8) is 0 Å². The van der Waals surface area contributed by atoms with Crippen LogP contribution in [0.15, 0.2) is 60.8 Å². The highest BCUT2D eigenvalue weighted by Crippen LogP contribution is 2.16. The third-order valence-electron chi connectivity index (χ3n) is 4.14. The van der Waals surface area contributed by atoms with Crippen LogP contribution in [0.2, 0.25) is 5.02 Å². The van der Waals surface area contributed by atoms with Crippen molar-refractivity contribution in [3.05, 3.63) is 77.1 Å². The standard InChI is InChI=1S/C21H22ClN5O/c1-27(2)18-9-7-17(8-10-18)25-20(28)19-12-14-24-21(26-19)23-13-11-15-3-5-16(22)6-4-15/h3-10,12,14H,11,13H2,1-2H3,(H,25,28)(H,23,24,26). The summed E-state index contributed by atoms with van der Waals surface area (Å²) in [5.74, 6) is 0.144. The number of carbonyl (C=O) groups is 1. The number of carbonyl (C=O) groups excluding carboxylic acids is 1. The molecule has 0 bridgehead atoms. The van der Waals surface area contributed by atoms with Crippen LogP contribution in [0.4, 0.5) is 17.3 Å². The highest BCUT2D eigenvalue weighted by Gasteiger charge is 2.09. The molecule has 0 saturated heterocycles. The molecule has 28 heavy (non-hydrogen) atoms. The summed E-state index contributed by atoms with van der Waals surface area (Å²) in [4.78, 5) is 22.9. The topological polar surface area (TPSA) is 70.2 Å². The minimum absolute atomic E-state index is 0.277. The van der Waals surface area contributed by atoms with Crippen molar-refractivity contribution in [1.29, 1.82) is 0 Å². The number of nitrogens with one attached hydrogen (secondary N) is 2.